The first kappa shape index (κ1) is 9.45. The predicted molar refractivity (Wildman–Crippen MR) is 53.9 cm³/mol. The number of benzene rings is 1. The normalized spacial score (nSPS) is 18.3. The summed E-state index contributed by atoms with van der Waals surface area (Å²) in [4.78, 5) is 22.2. The number of amides is 1. The van der Waals surface area contributed by atoms with Gasteiger partial charge in [-0.3, -0.25) is 9.59 Å². The average Bonchev–Trinajstić information content (AvgIpc) is 2.49. The van der Waals surface area contributed by atoms with E-state index in [0.717, 1.165) is 5.56 Å². The minimum Gasteiger partial charge on any atom is -0.508 e. The van der Waals surface area contributed by atoms with Crippen molar-refractivity contribution in [3.8, 4) is 5.75 Å². The Hall–Kier alpha value is -2.10. The monoisotopic (exact) mass is 203 g/mol. The third-order valence-electron chi connectivity index (χ3n) is 2.10. The van der Waals surface area contributed by atoms with E-state index in [-0.39, 0.29) is 23.9 Å². The number of aromatic hydroxyl groups is 1. The summed E-state index contributed by atoms with van der Waals surface area (Å²) in [6, 6.07) is 6.38. The van der Waals surface area contributed by atoms with Gasteiger partial charge >= 0.3 is 0 Å². The third-order valence-corrected chi connectivity index (χ3v) is 2.10. The second kappa shape index (κ2) is 3.57. The maximum Gasteiger partial charge on any atom is 0.232 e. The molecule has 0 saturated carbocycles. The fourth-order valence-electron chi connectivity index (χ4n) is 1.36. The van der Waals surface area contributed by atoms with Crippen LogP contribution in [0.25, 0.3) is 6.08 Å². The molecule has 0 radical (unpaired) electrons. The van der Waals surface area contributed by atoms with E-state index in [1.807, 2.05) is 0 Å². The van der Waals surface area contributed by atoms with E-state index in [9.17, 15) is 9.59 Å². The van der Waals surface area contributed by atoms with Crippen LogP contribution in [0.15, 0.2) is 30.0 Å². The van der Waals surface area contributed by atoms with Gasteiger partial charge < -0.3 is 10.4 Å². The molecule has 0 aliphatic carbocycles. The highest BCUT2D eigenvalue weighted by atomic mass is 16.3. The zero-order chi connectivity index (χ0) is 10.8. The van der Waals surface area contributed by atoms with Gasteiger partial charge in [0.05, 0.1) is 12.1 Å². The van der Waals surface area contributed by atoms with E-state index >= 15 is 0 Å². The Kier molecular flexibility index (Phi) is 2.25. The molecule has 0 unspecified atom stereocenters. The van der Waals surface area contributed by atoms with Gasteiger partial charge in [-0.25, -0.2) is 0 Å². The SMILES string of the molecule is O=C1CC(=O)/C(=C/c2ccc(O)cc2)N1. The molecule has 1 aromatic carbocycles. The van der Waals surface area contributed by atoms with Gasteiger partial charge in [-0.1, -0.05) is 12.1 Å². The maximum atomic E-state index is 11.3. The van der Waals surface area contributed by atoms with Crippen LogP contribution in [0, 0.1) is 0 Å². The third kappa shape index (κ3) is 2.04. The first-order valence-corrected chi connectivity index (χ1v) is 4.49. The van der Waals surface area contributed by atoms with Gasteiger partial charge in [-0.15, -0.1) is 0 Å². The van der Waals surface area contributed by atoms with Crippen LogP contribution >= 0.6 is 0 Å². The van der Waals surface area contributed by atoms with Crippen molar-refractivity contribution in [3.05, 3.63) is 35.5 Å². The summed E-state index contributed by atoms with van der Waals surface area (Å²) in [5, 5.41) is 11.5. The largest absolute Gasteiger partial charge is 0.508 e. The van der Waals surface area contributed by atoms with Crippen molar-refractivity contribution < 1.29 is 14.7 Å². The smallest absolute Gasteiger partial charge is 0.232 e. The molecule has 1 aliphatic rings. The van der Waals surface area contributed by atoms with Crippen molar-refractivity contribution in [1.29, 1.82) is 0 Å². The number of Topliss-reactive ketones (excluding diaryl/α,β-unsaturated/α-hetero) is 1. The van der Waals surface area contributed by atoms with Crippen LogP contribution in [0.3, 0.4) is 0 Å². The number of hydrogen-bond donors (Lipinski definition) is 2. The van der Waals surface area contributed by atoms with Crippen molar-refractivity contribution in [3.63, 3.8) is 0 Å². The van der Waals surface area contributed by atoms with Crippen molar-refractivity contribution >= 4 is 17.8 Å². The lowest BCUT2D eigenvalue weighted by Gasteiger charge is -1.97. The highest BCUT2D eigenvalue weighted by Crippen LogP contribution is 2.14. The van der Waals surface area contributed by atoms with Crippen LogP contribution in [0.4, 0.5) is 0 Å². The summed E-state index contributed by atoms with van der Waals surface area (Å²) in [7, 11) is 0. The molecule has 1 heterocycles. The molecule has 0 bridgehead atoms. The molecule has 4 nitrogen and oxygen atoms in total. The maximum absolute atomic E-state index is 11.3. The molecule has 15 heavy (non-hydrogen) atoms. The molecule has 1 aromatic rings. The van der Waals surface area contributed by atoms with E-state index < -0.39 is 0 Å². The molecule has 76 valence electrons. The van der Waals surface area contributed by atoms with Crippen molar-refractivity contribution in [2.75, 3.05) is 0 Å². The summed E-state index contributed by atoms with van der Waals surface area (Å²) >= 11 is 0. The second-order valence-electron chi connectivity index (χ2n) is 3.30. The van der Waals surface area contributed by atoms with Gasteiger partial charge in [0.15, 0.2) is 5.78 Å². The lowest BCUT2D eigenvalue weighted by molar-refractivity contribution is -0.121. The number of rotatable bonds is 1. The lowest BCUT2D eigenvalue weighted by Crippen LogP contribution is -2.12. The van der Waals surface area contributed by atoms with Gasteiger partial charge in [-0.05, 0) is 23.8 Å². The highest BCUT2D eigenvalue weighted by Gasteiger charge is 2.23. The summed E-state index contributed by atoms with van der Waals surface area (Å²) in [6.07, 6.45) is 1.51. The number of phenolic OH excluding ortho intramolecular Hbond substituents is 1. The molecule has 0 atom stereocenters. The number of carbonyl (C=O) groups is 2. The van der Waals surface area contributed by atoms with Crippen LogP contribution in [-0.2, 0) is 9.59 Å². The molecule has 1 fully saturated rings. The zero-order valence-corrected chi connectivity index (χ0v) is 7.86. The molecule has 4 heteroatoms. The Labute approximate surface area is 86.2 Å². The standard InChI is InChI=1S/C11H9NO3/c13-8-3-1-7(2-4-8)5-9-10(14)6-11(15)12-9/h1-5,13H,6H2,(H,12,15)/b9-5-. The van der Waals surface area contributed by atoms with E-state index in [4.69, 9.17) is 5.11 Å². The molecule has 0 spiro atoms. The highest BCUT2D eigenvalue weighted by molar-refractivity contribution is 6.16. The molecule has 0 aromatic heterocycles. The molecule has 1 aliphatic heterocycles. The first-order chi connectivity index (χ1) is 7.15. The van der Waals surface area contributed by atoms with Crippen molar-refractivity contribution in [1.82, 2.24) is 5.32 Å². The topological polar surface area (TPSA) is 66.4 Å². The fourth-order valence-corrected chi connectivity index (χ4v) is 1.36. The van der Waals surface area contributed by atoms with Gasteiger partial charge in [0.25, 0.3) is 0 Å². The van der Waals surface area contributed by atoms with Gasteiger partial charge in [0, 0.05) is 0 Å². The second-order valence-corrected chi connectivity index (χ2v) is 3.30. The van der Waals surface area contributed by atoms with Gasteiger partial charge in [0.1, 0.15) is 5.75 Å². The average molecular weight is 203 g/mol. The number of carbonyl (C=O) groups excluding carboxylic acids is 2. The summed E-state index contributed by atoms with van der Waals surface area (Å²) in [6.45, 7) is 0. The minimum atomic E-state index is -0.273. The fraction of sp³-hybridized carbons (Fsp3) is 0.0909. The molecule has 2 N–H and O–H groups in total. The number of hydrogen-bond acceptors (Lipinski definition) is 3. The molecular formula is C11H9NO3. The summed E-state index contributed by atoms with van der Waals surface area (Å²) in [5.74, 6) is -0.308. The summed E-state index contributed by atoms with van der Waals surface area (Å²) in [5.41, 5.74) is 1.07. The van der Waals surface area contributed by atoms with Crippen LogP contribution in [0.2, 0.25) is 0 Å². The first-order valence-electron chi connectivity index (χ1n) is 4.49. The van der Waals surface area contributed by atoms with E-state index in [1.54, 1.807) is 18.2 Å². The summed E-state index contributed by atoms with van der Waals surface area (Å²) < 4.78 is 0. The Morgan fingerprint density at radius 1 is 1.20 bits per heavy atom. The minimum absolute atomic E-state index is 0.0794. The Morgan fingerprint density at radius 2 is 1.87 bits per heavy atom. The van der Waals surface area contributed by atoms with Crippen LogP contribution in [0.5, 0.6) is 5.75 Å². The van der Waals surface area contributed by atoms with Crippen LogP contribution in [-0.4, -0.2) is 16.8 Å². The van der Waals surface area contributed by atoms with Gasteiger partial charge in [-0.2, -0.15) is 0 Å². The molecule has 1 amide bonds. The van der Waals surface area contributed by atoms with E-state index in [2.05, 4.69) is 5.32 Å². The van der Waals surface area contributed by atoms with Crippen molar-refractivity contribution in [2.24, 2.45) is 0 Å². The molecule has 2 rings (SSSR count). The number of ketones is 1. The van der Waals surface area contributed by atoms with E-state index in [0.29, 0.717) is 5.70 Å². The molecule has 1 saturated heterocycles. The Balaban J connectivity index is 2.27. The lowest BCUT2D eigenvalue weighted by atomic mass is 10.1. The van der Waals surface area contributed by atoms with Gasteiger partial charge in [0.2, 0.25) is 5.91 Å². The number of nitrogens with one attached hydrogen (secondary N) is 1. The van der Waals surface area contributed by atoms with Crippen LogP contribution in [0.1, 0.15) is 12.0 Å². The molecular weight excluding hydrogens is 194 g/mol. The quantitative estimate of drug-likeness (QED) is 0.524. The number of phenols is 1. The zero-order valence-electron chi connectivity index (χ0n) is 7.86. The Morgan fingerprint density at radius 3 is 2.40 bits per heavy atom. The van der Waals surface area contributed by atoms with Crippen LogP contribution < -0.4 is 5.32 Å². The Bertz CT molecular complexity index is 445. The predicted octanol–water partition coefficient (Wildman–Crippen LogP) is 0.822. The van der Waals surface area contributed by atoms with E-state index in [1.165, 1.54) is 12.1 Å². The number of allylic oxidation sites excluding steroid dienone is 1. The van der Waals surface area contributed by atoms with Crippen molar-refractivity contribution in [2.45, 2.75) is 6.42 Å².